The number of carbonyl (C=O) groups is 3. The molecule has 4 N–H and O–H groups in total. The third-order valence-electron chi connectivity index (χ3n) is 13.0. The Hall–Kier alpha value is -4.58. The zero-order valence-electron chi connectivity index (χ0n) is 39.1. The van der Waals surface area contributed by atoms with Crippen LogP contribution in [0.2, 0.25) is 0 Å². The van der Waals surface area contributed by atoms with Crippen molar-refractivity contribution in [3.8, 4) is 11.3 Å². The van der Waals surface area contributed by atoms with E-state index in [0.29, 0.717) is 51.5 Å². The molecule has 350 valence electrons. The molecule has 16 nitrogen and oxygen atoms in total. The molecule has 2 aromatic heterocycles. The number of carbonyl (C=O) groups excluding carboxylic acids is 2. The van der Waals surface area contributed by atoms with Gasteiger partial charge in [0.2, 0.25) is 0 Å². The highest BCUT2D eigenvalue weighted by Crippen LogP contribution is 2.43. The van der Waals surface area contributed by atoms with Crippen LogP contribution in [0.3, 0.4) is 0 Å². The number of aromatic nitrogens is 2. The molecule has 2 unspecified atom stereocenters. The lowest BCUT2D eigenvalue weighted by molar-refractivity contribution is -0.148. The Morgan fingerprint density at radius 2 is 1.88 bits per heavy atom. The number of anilines is 1. The third kappa shape index (κ3) is 10.7. The van der Waals surface area contributed by atoms with Crippen molar-refractivity contribution in [2.75, 3.05) is 84.2 Å². The predicted octanol–water partition coefficient (Wildman–Crippen LogP) is 5.08. The molecule has 0 spiro atoms. The van der Waals surface area contributed by atoms with Gasteiger partial charge in [-0.3, -0.25) is 29.4 Å². The maximum Gasteiger partial charge on any atom is 0.408 e. The van der Waals surface area contributed by atoms with Crippen LogP contribution in [0.5, 0.6) is 0 Å². The Labute approximate surface area is 377 Å². The Bertz CT molecular complexity index is 2200. The smallest absolute Gasteiger partial charge is 0.408 e. The van der Waals surface area contributed by atoms with E-state index in [4.69, 9.17) is 19.2 Å². The van der Waals surface area contributed by atoms with E-state index in [9.17, 15) is 24.6 Å². The minimum Gasteiger partial charge on any atom is -0.480 e. The molecule has 2 amide bonds. The molecular formula is C48H70N8O8. The van der Waals surface area contributed by atoms with E-state index in [1.807, 2.05) is 13.1 Å². The van der Waals surface area contributed by atoms with Crippen molar-refractivity contribution >= 4 is 40.1 Å². The number of methoxy groups -OCH3 is 1. The molecular weight excluding hydrogens is 817 g/mol. The first-order chi connectivity index (χ1) is 30.5. The summed E-state index contributed by atoms with van der Waals surface area (Å²) in [5.41, 5.74) is 10.1. The molecule has 4 atom stereocenters. The number of pyridine rings is 1. The second kappa shape index (κ2) is 19.9. The molecule has 4 aliphatic rings. The standard InChI is InChI=1S/C48H70N8O8/c1-9-55-41-15-14-32(33-12-10-16-52(26-33)28-40(50-46(61)64-47(3,4)5)44(58)56-17-11-13-39(51-56)45(59)60)22-36(41)38(24-48(6,7)30-57)43(55)37-23-34(25-49-42(37)31(2)62-8)54-19-18-53-20-21-63-29-35(53)27-54/h12,14-15,22-23,25,31,35,39-40,51,57H,9-11,13,16-21,24,26-30H2,1-8H3,(H,50,61)(H,59,60)/t31?,35-,39-,40?/m0/s1. The fourth-order valence-corrected chi connectivity index (χ4v) is 9.59. The predicted molar refractivity (Wildman–Crippen MR) is 247 cm³/mol. The van der Waals surface area contributed by atoms with Gasteiger partial charge in [0.25, 0.3) is 5.91 Å². The summed E-state index contributed by atoms with van der Waals surface area (Å²) in [6.45, 7) is 21.3. The average molecular weight is 887 g/mol. The Kier molecular flexibility index (Phi) is 14.7. The van der Waals surface area contributed by atoms with Crippen LogP contribution in [0.15, 0.2) is 36.5 Å². The lowest BCUT2D eigenvalue weighted by atomic mass is 9.84. The van der Waals surface area contributed by atoms with Gasteiger partial charge in [-0.15, -0.1) is 0 Å². The van der Waals surface area contributed by atoms with Crippen LogP contribution < -0.4 is 15.6 Å². The van der Waals surface area contributed by atoms with Crippen LogP contribution in [-0.2, 0) is 36.8 Å². The minimum atomic E-state index is -1.03. The number of carboxylic acid groups (broad SMARTS) is 1. The van der Waals surface area contributed by atoms with Crippen molar-refractivity contribution in [2.45, 2.75) is 111 Å². The largest absolute Gasteiger partial charge is 0.480 e. The minimum absolute atomic E-state index is 0.0134. The van der Waals surface area contributed by atoms with E-state index in [0.717, 1.165) is 96.1 Å². The molecule has 6 heterocycles. The summed E-state index contributed by atoms with van der Waals surface area (Å²) in [4.78, 5) is 51.3. The molecule has 1 aromatic carbocycles. The van der Waals surface area contributed by atoms with Crippen molar-refractivity contribution in [1.29, 1.82) is 0 Å². The van der Waals surface area contributed by atoms with Crippen molar-refractivity contribution in [2.24, 2.45) is 5.41 Å². The fourth-order valence-electron chi connectivity index (χ4n) is 9.59. The summed E-state index contributed by atoms with van der Waals surface area (Å²) in [5.74, 6) is -1.44. The topological polar surface area (TPSA) is 174 Å². The Morgan fingerprint density at radius 3 is 2.59 bits per heavy atom. The first-order valence-corrected chi connectivity index (χ1v) is 23.1. The molecule has 3 aromatic rings. The second-order valence-corrected chi connectivity index (χ2v) is 19.6. The lowest BCUT2D eigenvalue weighted by Gasteiger charge is -2.44. The number of carboxylic acids is 1. The molecule has 64 heavy (non-hydrogen) atoms. The molecule has 3 saturated heterocycles. The van der Waals surface area contributed by atoms with E-state index in [1.165, 1.54) is 5.01 Å². The fraction of sp³-hybridized carbons (Fsp3) is 0.625. The Morgan fingerprint density at radius 1 is 1.08 bits per heavy atom. The van der Waals surface area contributed by atoms with E-state index in [1.54, 1.807) is 27.9 Å². The number of morpholine rings is 1. The van der Waals surface area contributed by atoms with Crippen LogP contribution in [0, 0.1) is 5.41 Å². The molecule has 0 radical (unpaired) electrons. The van der Waals surface area contributed by atoms with Crippen molar-refractivity contribution in [3.63, 3.8) is 0 Å². The lowest BCUT2D eigenvalue weighted by Crippen LogP contribution is -2.62. The molecule has 0 bridgehead atoms. The molecule has 0 saturated carbocycles. The van der Waals surface area contributed by atoms with Gasteiger partial charge in [-0.25, -0.2) is 10.2 Å². The number of fused-ring (bicyclic) bond motifs is 2. The summed E-state index contributed by atoms with van der Waals surface area (Å²) in [6, 6.07) is 7.38. The maximum atomic E-state index is 14.1. The summed E-state index contributed by atoms with van der Waals surface area (Å²) in [7, 11) is 1.72. The second-order valence-electron chi connectivity index (χ2n) is 19.6. The Balaban J connectivity index is 1.24. The highest BCUT2D eigenvalue weighted by Gasteiger charge is 2.36. The van der Waals surface area contributed by atoms with Crippen molar-refractivity contribution in [1.82, 2.24) is 35.1 Å². The van der Waals surface area contributed by atoms with Gasteiger partial charge in [0, 0.05) is 89.1 Å². The quantitative estimate of drug-likeness (QED) is 0.169. The number of rotatable bonds is 14. The number of aryl methyl sites for hydroxylation is 1. The number of nitrogens with one attached hydrogen (secondary N) is 2. The number of alkyl carbamates (subject to hydrolysis) is 1. The number of ether oxygens (including phenoxy) is 3. The number of aliphatic hydroxyl groups is 1. The number of hydrazine groups is 1. The van der Waals surface area contributed by atoms with Gasteiger partial charge in [0.1, 0.15) is 17.7 Å². The van der Waals surface area contributed by atoms with Crippen molar-refractivity contribution < 1.29 is 38.8 Å². The number of nitrogens with zero attached hydrogens (tertiary/aromatic N) is 6. The van der Waals surface area contributed by atoms with Gasteiger partial charge in [0.15, 0.2) is 0 Å². The van der Waals surface area contributed by atoms with Crippen LogP contribution >= 0.6 is 0 Å². The number of benzene rings is 1. The van der Waals surface area contributed by atoms with Gasteiger partial charge >= 0.3 is 12.1 Å². The number of amides is 2. The zero-order chi connectivity index (χ0) is 45.9. The van der Waals surface area contributed by atoms with Crippen LogP contribution in [0.1, 0.15) is 90.7 Å². The summed E-state index contributed by atoms with van der Waals surface area (Å²) >= 11 is 0. The van der Waals surface area contributed by atoms with Crippen molar-refractivity contribution in [3.05, 3.63) is 53.4 Å². The van der Waals surface area contributed by atoms with E-state index in [-0.39, 0.29) is 19.3 Å². The van der Waals surface area contributed by atoms with E-state index >= 15 is 0 Å². The summed E-state index contributed by atoms with van der Waals surface area (Å²) < 4.78 is 19.8. The highest BCUT2D eigenvalue weighted by atomic mass is 16.6. The zero-order valence-corrected chi connectivity index (χ0v) is 39.1. The first kappa shape index (κ1) is 47.4. The van der Waals surface area contributed by atoms with Gasteiger partial charge in [-0.2, -0.15) is 0 Å². The SMILES string of the molecule is CCn1c(-c2cc(N3CCN4CCOC[C@@H]4C3)cnc2C(C)OC)c(CC(C)(C)CO)c2cc(C3=CCCN(CC(NC(=O)OC(C)(C)C)C(=O)N4CCC[C@@H](C(=O)O)N4)C3)ccc21. The molecule has 7 rings (SSSR count). The van der Waals surface area contributed by atoms with Gasteiger partial charge in [-0.05, 0) is 101 Å². The number of piperazine rings is 1. The number of hydrogen-bond acceptors (Lipinski definition) is 12. The molecule has 16 heteroatoms. The normalized spacial score (nSPS) is 21.3. The van der Waals surface area contributed by atoms with Crippen LogP contribution in [0.25, 0.3) is 27.7 Å². The van der Waals surface area contributed by atoms with E-state index in [2.05, 4.69) is 81.1 Å². The third-order valence-corrected chi connectivity index (χ3v) is 13.0. The van der Waals surface area contributed by atoms with Gasteiger partial charge < -0.3 is 39.2 Å². The van der Waals surface area contributed by atoms with Crippen LogP contribution in [0.4, 0.5) is 10.5 Å². The first-order valence-electron chi connectivity index (χ1n) is 23.1. The van der Waals surface area contributed by atoms with Gasteiger partial charge in [-0.1, -0.05) is 26.0 Å². The highest BCUT2D eigenvalue weighted by molar-refractivity contribution is 5.95. The van der Waals surface area contributed by atoms with E-state index < -0.39 is 41.1 Å². The maximum absolute atomic E-state index is 14.1. The molecule has 4 aliphatic heterocycles. The van der Waals surface area contributed by atoms with Crippen LogP contribution in [-0.4, -0.2) is 156 Å². The number of aliphatic carboxylic acids is 1. The average Bonchev–Trinajstić information content (AvgIpc) is 3.58. The summed E-state index contributed by atoms with van der Waals surface area (Å²) in [5, 5.41) is 25.6. The monoisotopic (exact) mass is 887 g/mol. The summed E-state index contributed by atoms with van der Waals surface area (Å²) in [6.07, 6.45) is 5.53. The molecule has 3 fully saturated rings. The number of aliphatic hydroxyl groups excluding tert-OH is 1. The number of hydrogen-bond donors (Lipinski definition) is 4. The molecule has 0 aliphatic carbocycles. The van der Waals surface area contributed by atoms with Gasteiger partial charge in [0.05, 0.1) is 48.6 Å².